The Hall–Kier alpha value is -1.99. The number of nitrogens with one attached hydrogen (secondary N) is 1. The number of benzene rings is 1. The number of amides is 2. The third-order valence-corrected chi connectivity index (χ3v) is 5.82. The van der Waals surface area contributed by atoms with E-state index in [4.69, 9.17) is 14.6 Å². The van der Waals surface area contributed by atoms with Crippen molar-refractivity contribution in [3.8, 4) is 5.75 Å². The SMILES string of the molecule is COCCOc1ccc(N2CC3CN(C(=O)NCCO)CC2C(C)(C)C3)cc1. The van der Waals surface area contributed by atoms with E-state index in [0.29, 0.717) is 32.2 Å². The zero-order chi connectivity index (χ0) is 20.1. The van der Waals surface area contributed by atoms with Crippen LogP contribution in [0.15, 0.2) is 24.3 Å². The molecule has 3 aliphatic rings. The Morgan fingerprint density at radius 3 is 2.64 bits per heavy atom. The number of piperidine rings is 1. The van der Waals surface area contributed by atoms with Crippen molar-refractivity contribution in [2.24, 2.45) is 11.3 Å². The number of hydrogen-bond donors (Lipinski definition) is 2. The second kappa shape index (κ2) is 9.01. The molecular formula is C21H33N3O4. The summed E-state index contributed by atoms with van der Waals surface area (Å²) in [6.07, 6.45) is 1.11. The number of fused-ring (bicyclic) bond motifs is 4. The van der Waals surface area contributed by atoms with Crippen molar-refractivity contribution in [2.45, 2.75) is 26.3 Å². The summed E-state index contributed by atoms with van der Waals surface area (Å²) >= 11 is 0. The van der Waals surface area contributed by atoms with E-state index in [-0.39, 0.29) is 24.1 Å². The predicted molar refractivity (Wildman–Crippen MR) is 109 cm³/mol. The molecule has 2 amide bonds. The number of carbonyl (C=O) groups excluding carboxylic acids is 1. The lowest BCUT2D eigenvalue weighted by molar-refractivity contribution is 0.146. The summed E-state index contributed by atoms with van der Waals surface area (Å²) in [5.74, 6) is 1.26. The van der Waals surface area contributed by atoms with Crippen LogP contribution in [0.25, 0.3) is 0 Å². The molecule has 3 aliphatic heterocycles. The van der Waals surface area contributed by atoms with Crippen molar-refractivity contribution >= 4 is 11.7 Å². The lowest BCUT2D eigenvalue weighted by Gasteiger charge is -2.48. The van der Waals surface area contributed by atoms with Crippen LogP contribution in [0.3, 0.4) is 0 Å². The standard InChI is InChI=1S/C21H33N3O4/c1-21(2)12-16-13-23(20(26)22-8-9-25)15-19(21)24(14-16)17-4-6-18(7-5-17)28-11-10-27-3/h4-7,16,19,25H,8-15H2,1-3H3,(H,22,26). The number of carbonyl (C=O) groups is 1. The quantitative estimate of drug-likeness (QED) is 0.695. The van der Waals surface area contributed by atoms with Gasteiger partial charge in [0.05, 0.1) is 19.3 Å². The van der Waals surface area contributed by atoms with Crippen LogP contribution in [0.2, 0.25) is 0 Å². The lowest BCUT2D eigenvalue weighted by atomic mass is 9.73. The van der Waals surface area contributed by atoms with E-state index in [0.717, 1.165) is 25.3 Å². The third-order valence-electron chi connectivity index (χ3n) is 5.82. The smallest absolute Gasteiger partial charge is 0.317 e. The molecule has 3 fully saturated rings. The summed E-state index contributed by atoms with van der Waals surface area (Å²) in [6, 6.07) is 8.38. The maximum atomic E-state index is 12.5. The summed E-state index contributed by atoms with van der Waals surface area (Å²) < 4.78 is 10.7. The van der Waals surface area contributed by atoms with Crippen LogP contribution < -0.4 is 15.0 Å². The monoisotopic (exact) mass is 391 g/mol. The molecule has 0 spiro atoms. The van der Waals surface area contributed by atoms with Crippen LogP contribution in [-0.2, 0) is 4.74 Å². The van der Waals surface area contributed by atoms with Gasteiger partial charge >= 0.3 is 6.03 Å². The van der Waals surface area contributed by atoms with Gasteiger partial charge in [-0.1, -0.05) is 13.8 Å². The third kappa shape index (κ3) is 4.70. The minimum atomic E-state index is -0.0782. The molecule has 3 saturated heterocycles. The molecule has 2 bridgehead atoms. The van der Waals surface area contributed by atoms with Gasteiger partial charge in [0.1, 0.15) is 12.4 Å². The van der Waals surface area contributed by atoms with E-state index in [1.54, 1.807) is 7.11 Å². The number of aliphatic hydroxyl groups is 1. The highest BCUT2D eigenvalue weighted by Crippen LogP contribution is 2.43. The first-order valence-corrected chi connectivity index (χ1v) is 10.1. The number of hydrogen-bond acceptors (Lipinski definition) is 5. The zero-order valence-electron chi connectivity index (χ0n) is 17.2. The highest BCUT2D eigenvalue weighted by Gasteiger charge is 2.46. The molecule has 28 heavy (non-hydrogen) atoms. The van der Waals surface area contributed by atoms with Crippen LogP contribution in [0.1, 0.15) is 20.3 Å². The summed E-state index contributed by atoms with van der Waals surface area (Å²) in [4.78, 5) is 16.9. The van der Waals surface area contributed by atoms with Crippen LogP contribution in [0.5, 0.6) is 5.75 Å². The van der Waals surface area contributed by atoms with Crippen molar-refractivity contribution in [3.63, 3.8) is 0 Å². The molecule has 1 aromatic rings. The number of urea groups is 1. The second-order valence-electron chi connectivity index (χ2n) is 8.42. The Kier molecular flexibility index (Phi) is 6.67. The Labute approximate surface area is 167 Å². The number of rotatable bonds is 7. The van der Waals surface area contributed by atoms with E-state index in [1.165, 1.54) is 5.69 Å². The van der Waals surface area contributed by atoms with Gasteiger partial charge in [0.15, 0.2) is 0 Å². The molecule has 2 atom stereocenters. The predicted octanol–water partition coefficient (Wildman–Crippen LogP) is 1.95. The van der Waals surface area contributed by atoms with Crippen molar-refractivity contribution in [1.29, 1.82) is 0 Å². The number of nitrogens with zero attached hydrogens (tertiary/aromatic N) is 2. The first kappa shape index (κ1) is 20.7. The van der Waals surface area contributed by atoms with Gasteiger partial charge in [-0.05, 0) is 42.0 Å². The van der Waals surface area contributed by atoms with Crippen LogP contribution in [0.4, 0.5) is 10.5 Å². The van der Waals surface area contributed by atoms with E-state index >= 15 is 0 Å². The molecule has 7 heteroatoms. The lowest BCUT2D eigenvalue weighted by Crippen LogP contribution is -2.54. The first-order valence-electron chi connectivity index (χ1n) is 10.1. The van der Waals surface area contributed by atoms with Gasteiger partial charge in [-0.15, -0.1) is 0 Å². The van der Waals surface area contributed by atoms with Crippen LogP contribution in [-0.4, -0.2) is 75.2 Å². The van der Waals surface area contributed by atoms with Crippen LogP contribution >= 0.6 is 0 Å². The molecule has 0 aliphatic carbocycles. The van der Waals surface area contributed by atoms with E-state index < -0.39 is 0 Å². The average Bonchev–Trinajstić information content (AvgIpc) is 2.94. The van der Waals surface area contributed by atoms with Gasteiger partial charge in [0.25, 0.3) is 0 Å². The Morgan fingerprint density at radius 1 is 1.21 bits per heavy atom. The molecule has 0 aromatic heterocycles. The fraction of sp³-hybridized carbons (Fsp3) is 0.667. The molecular weight excluding hydrogens is 358 g/mol. The largest absolute Gasteiger partial charge is 0.491 e. The Balaban J connectivity index is 1.74. The van der Waals surface area contributed by atoms with Gasteiger partial charge < -0.3 is 29.7 Å². The van der Waals surface area contributed by atoms with Crippen molar-refractivity contribution < 1.29 is 19.4 Å². The molecule has 0 saturated carbocycles. The molecule has 7 nitrogen and oxygen atoms in total. The Bertz CT molecular complexity index is 650. The van der Waals surface area contributed by atoms with Crippen molar-refractivity contribution in [2.75, 3.05) is 58.0 Å². The van der Waals surface area contributed by atoms with E-state index in [1.807, 2.05) is 17.0 Å². The number of anilines is 1. The highest BCUT2D eigenvalue weighted by atomic mass is 16.5. The van der Waals surface area contributed by atoms with Gasteiger partial charge in [-0.2, -0.15) is 0 Å². The van der Waals surface area contributed by atoms with Gasteiger partial charge in [-0.25, -0.2) is 4.79 Å². The number of methoxy groups -OCH3 is 1. The fourth-order valence-corrected chi connectivity index (χ4v) is 4.54. The molecule has 0 radical (unpaired) electrons. The Morgan fingerprint density at radius 2 is 1.96 bits per heavy atom. The summed E-state index contributed by atoms with van der Waals surface area (Å²) in [5.41, 5.74) is 1.28. The summed E-state index contributed by atoms with van der Waals surface area (Å²) in [7, 11) is 1.66. The minimum absolute atomic E-state index is 0.0388. The molecule has 156 valence electrons. The number of aliphatic hydroxyl groups excluding tert-OH is 1. The molecule has 4 rings (SSSR count). The fourth-order valence-electron chi connectivity index (χ4n) is 4.54. The normalized spacial score (nSPS) is 23.4. The zero-order valence-corrected chi connectivity index (χ0v) is 17.2. The average molecular weight is 392 g/mol. The van der Waals surface area contributed by atoms with E-state index in [9.17, 15) is 4.79 Å². The van der Waals surface area contributed by atoms with Gasteiger partial charge in [0.2, 0.25) is 0 Å². The van der Waals surface area contributed by atoms with Gasteiger partial charge in [-0.3, -0.25) is 0 Å². The van der Waals surface area contributed by atoms with Crippen molar-refractivity contribution in [3.05, 3.63) is 24.3 Å². The maximum absolute atomic E-state index is 12.5. The first-order chi connectivity index (χ1) is 13.4. The highest BCUT2D eigenvalue weighted by molar-refractivity contribution is 5.74. The molecule has 2 N–H and O–H groups in total. The molecule has 2 unspecified atom stereocenters. The number of ether oxygens (including phenoxy) is 2. The minimum Gasteiger partial charge on any atom is -0.491 e. The van der Waals surface area contributed by atoms with Gasteiger partial charge in [0, 0.05) is 39.0 Å². The topological polar surface area (TPSA) is 74.3 Å². The van der Waals surface area contributed by atoms with Crippen LogP contribution in [0, 0.1) is 11.3 Å². The van der Waals surface area contributed by atoms with E-state index in [2.05, 4.69) is 36.2 Å². The molecule has 3 heterocycles. The maximum Gasteiger partial charge on any atom is 0.317 e. The molecule has 1 aromatic carbocycles. The second-order valence-corrected chi connectivity index (χ2v) is 8.42. The summed E-state index contributed by atoms with van der Waals surface area (Å²) in [6.45, 7) is 8.35. The van der Waals surface area contributed by atoms with Crippen molar-refractivity contribution in [1.82, 2.24) is 10.2 Å². The summed E-state index contributed by atoms with van der Waals surface area (Å²) in [5, 5.41) is 11.8.